The van der Waals surface area contributed by atoms with Crippen LogP contribution in [0.1, 0.15) is 32.7 Å². The molecule has 1 aromatic carbocycles. The number of aryl methyl sites for hydroxylation is 1. The summed E-state index contributed by atoms with van der Waals surface area (Å²) in [5, 5.41) is 2.72. The highest BCUT2D eigenvalue weighted by Gasteiger charge is 2.40. The monoisotopic (exact) mass is 395 g/mol. The summed E-state index contributed by atoms with van der Waals surface area (Å²) in [5.41, 5.74) is 7.38. The highest BCUT2D eigenvalue weighted by molar-refractivity contribution is 6.01. The Kier molecular flexibility index (Phi) is 6.56. The van der Waals surface area contributed by atoms with Crippen LogP contribution in [0.3, 0.4) is 0 Å². The number of nitrogens with one attached hydrogen (secondary N) is 1. The lowest BCUT2D eigenvalue weighted by atomic mass is 10.1. The molecule has 1 fully saturated rings. The Hall–Kier alpha value is -3.26. The molecule has 1 aliphatic heterocycles. The maximum Gasteiger partial charge on any atom is 0.263 e. The summed E-state index contributed by atoms with van der Waals surface area (Å²) in [6, 6.07) is 10.5. The van der Waals surface area contributed by atoms with Crippen molar-refractivity contribution < 1.29 is 14.4 Å². The molecular formula is C21H25N5O3. The first kappa shape index (κ1) is 20.5. The van der Waals surface area contributed by atoms with Crippen molar-refractivity contribution in [2.75, 3.05) is 26.2 Å². The van der Waals surface area contributed by atoms with Crippen molar-refractivity contribution in [2.24, 2.45) is 5.73 Å². The topological polar surface area (TPSA) is 109 Å². The van der Waals surface area contributed by atoms with Gasteiger partial charge in [-0.15, -0.1) is 0 Å². The molecule has 2 aromatic rings. The predicted molar refractivity (Wildman–Crippen MR) is 108 cm³/mol. The molecule has 3 rings (SSSR count). The van der Waals surface area contributed by atoms with Crippen LogP contribution in [-0.2, 0) is 4.79 Å². The van der Waals surface area contributed by atoms with Crippen molar-refractivity contribution in [1.29, 1.82) is 0 Å². The van der Waals surface area contributed by atoms with E-state index in [1.54, 1.807) is 30.5 Å². The van der Waals surface area contributed by atoms with Crippen molar-refractivity contribution in [3.8, 4) is 0 Å². The van der Waals surface area contributed by atoms with Crippen LogP contribution in [0.15, 0.2) is 48.8 Å². The number of rotatable bonds is 5. The van der Waals surface area contributed by atoms with E-state index >= 15 is 0 Å². The average Bonchev–Trinajstić information content (AvgIpc) is 2.77. The van der Waals surface area contributed by atoms with Gasteiger partial charge in [0.25, 0.3) is 17.7 Å². The van der Waals surface area contributed by atoms with Crippen molar-refractivity contribution in [3.63, 3.8) is 0 Å². The van der Waals surface area contributed by atoms with Crippen LogP contribution in [0.5, 0.6) is 0 Å². The van der Waals surface area contributed by atoms with Gasteiger partial charge >= 0.3 is 0 Å². The molecule has 0 spiro atoms. The van der Waals surface area contributed by atoms with Gasteiger partial charge in [-0.1, -0.05) is 17.7 Å². The molecule has 0 bridgehead atoms. The molecule has 2 heterocycles. The first-order chi connectivity index (χ1) is 14.0. The normalized spacial score (nSPS) is 16.4. The van der Waals surface area contributed by atoms with Gasteiger partial charge in [0, 0.05) is 44.1 Å². The van der Waals surface area contributed by atoms with E-state index in [1.165, 1.54) is 16.0 Å². The molecule has 152 valence electrons. The lowest BCUT2D eigenvalue weighted by molar-refractivity contribution is -0.132. The third kappa shape index (κ3) is 4.60. The third-order valence-electron chi connectivity index (χ3n) is 4.80. The van der Waals surface area contributed by atoms with Gasteiger partial charge in [-0.2, -0.15) is 0 Å². The molecule has 1 aliphatic rings. The summed E-state index contributed by atoms with van der Waals surface area (Å²) >= 11 is 0. The maximum atomic E-state index is 13.2. The van der Waals surface area contributed by atoms with E-state index in [0.717, 1.165) is 5.56 Å². The summed E-state index contributed by atoms with van der Waals surface area (Å²) in [5.74, 6) is -1.05. The number of pyridine rings is 1. The quantitative estimate of drug-likeness (QED) is 0.778. The van der Waals surface area contributed by atoms with E-state index in [2.05, 4.69) is 10.3 Å². The second kappa shape index (κ2) is 9.29. The molecule has 1 saturated heterocycles. The van der Waals surface area contributed by atoms with Gasteiger partial charge in [0.15, 0.2) is 6.17 Å². The zero-order valence-corrected chi connectivity index (χ0v) is 16.4. The van der Waals surface area contributed by atoms with Crippen LogP contribution in [0.2, 0.25) is 0 Å². The van der Waals surface area contributed by atoms with Crippen molar-refractivity contribution in [1.82, 2.24) is 20.1 Å². The summed E-state index contributed by atoms with van der Waals surface area (Å²) in [6.45, 7) is 3.21. The molecule has 29 heavy (non-hydrogen) atoms. The summed E-state index contributed by atoms with van der Waals surface area (Å²) in [4.78, 5) is 46.1. The van der Waals surface area contributed by atoms with E-state index in [4.69, 9.17) is 5.73 Å². The first-order valence-electron chi connectivity index (χ1n) is 9.59. The summed E-state index contributed by atoms with van der Waals surface area (Å²) in [7, 11) is 0. The highest BCUT2D eigenvalue weighted by Crippen LogP contribution is 2.21. The highest BCUT2D eigenvalue weighted by atomic mass is 16.2. The second-order valence-corrected chi connectivity index (χ2v) is 6.91. The fourth-order valence-electron chi connectivity index (χ4n) is 3.34. The van der Waals surface area contributed by atoms with Crippen molar-refractivity contribution in [2.45, 2.75) is 19.5 Å². The average molecular weight is 395 g/mol. The Morgan fingerprint density at radius 3 is 2.31 bits per heavy atom. The van der Waals surface area contributed by atoms with Gasteiger partial charge in [0.05, 0.1) is 5.56 Å². The van der Waals surface area contributed by atoms with E-state index < -0.39 is 12.1 Å². The minimum Gasteiger partial charge on any atom is -0.351 e. The molecule has 8 heteroatoms. The molecule has 8 nitrogen and oxygen atoms in total. The van der Waals surface area contributed by atoms with E-state index in [1.807, 2.05) is 19.1 Å². The largest absolute Gasteiger partial charge is 0.351 e. The molecule has 1 unspecified atom stereocenters. The summed E-state index contributed by atoms with van der Waals surface area (Å²) in [6.07, 6.45) is 2.56. The van der Waals surface area contributed by atoms with E-state index in [9.17, 15) is 14.4 Å². The Balaban J connectivity index is 1.93. The lowest BCUT2D eigenvalue weighted by Crippen LogP contribution is -2.63. The minimum absolute atomic E-state index is 0.261. The Morgan fingerprint density at radius 2 is 1.72 bits per heavy atom. The number of aromatic nitrogens is 1. The molecule has 1 aromatic heterocycles. The SMILES string of the molecule is Cc1ccc(C(=O)N2CCCN(C(=O)c3cccnc3)C2C(=O)NCCN)cc1. The number of amides is 3. The Bertz CT molecular complexity index is 870. The van der Waals surface area contributed by atoms with Crippen LogP contribution in [-0.4, -0.2) is 64.9 Å². The fourth-order valence-corrected chi connectivity index (χ4v) is 3.34. The third-order valence-corrected chi connectivity index (χ3v) is 4.80. The number of nitrogens with two attached hydrogens (primary N) is 1. The fraction of sp³-hybridized carbons (Fsp3) is 0.333. The van der Waals surface area contributed by atoms with Crippen molar-refractivity contribution in [3.05, 3.63) is 65.5 Å². The van der Waals surface area contributed by atoms with Gasteiger partial charge in [0.2, 0.25) is 0 Å². The second-order valence-electron chi connectivity index (χ2n) is 6.91. The van der Waals surface area contributed by atoms with Crippen molar-refractivity contribution >= 4 is 17.7 Å². The van der Waals surface area contributed by atoms with Crippen LogP contribution in [0.25, 0.3) is 0 Å². The van der Waals surface area contributed by atoms with Gasteiger partial charge in [0.1, 0.15) is 0 Å². The molecule has 0 radical (unpaired) electrons. The van der Waals surface area contributed by atoms with Crippen LogP contribution in [0, 0.1) is 6.92 Å². The van der Waals surface area contributed by atoms with Gasteiger partial charge in [-0.25, -0.2) is 0 Å². The Labute approximate surface area is 169 Å². The zero-order valence-electron chi connectivity index (χ0n) is 16.4. The number of benzene rings is 1. The number of hydrogen-bond donors (Lipinski definition) is 2. The zero-order chi connectivity index (χ0) is 20.8. The smallest absolute Gasteiger partial charge is 0.263 e. The predicted octanol–water partition coefficient (Wildman–Crippen LogP) is 0.779. The summed E-state index contributed by atoms with van der Waals surface area (Å²) < 4.78 is 0. The van der Waals surface area contributed by atoms with E-state index in [0.29, 0.717) is 30.6 Å². The molecule has 3 N–H and O–H groups in total. The van der Waals surface area contributed by atoms with E-state index in [-0.39, 0.29) is 24.9 Å². The molecular weight excluding hydrogens is 370 g/mol. The number of carbonyl (C=O) groups is 3. The molecule has 3 amide bonds. The number of hydrogen-bond acceptors (Lipinski definition) is 5. The minimum atomic E-state index is -1.04. The van der Waals surface area contributed by atoms with Crippen LogP contribution in [0.4, 0.5) is 0 Å². The first-order valence-corrected chi connectivity index (χ1v) is 9.59. The lowest BCUT2D eigenvalue weighted by Gasteiger charge is -2.42. The van der Waals surface area contributed by atoms with Gasteiger partial charge in [-0.3, -0.25) is 19.4 Å². The number of nitrogens with zero attached hydrogens (tertiary/aromatic N) is 3. The van der Waals surface area contributed by atoms with Crippen LogP contribution < -0.4 is 11.1 Å². The molecule has 0 aliphatic carbocycles. The molecule has 0 saturated carbocycles. The Morgan fingerprint density at radius 1 is 1.07 bits per heavy atom. The number of carbonyl (C=O) groups excluding carboxylic acids is 3. The maximum absolute atomic E-state index is 13.2. The standard InChI is InChI=1S/C21H25N5O3/c1-15-5-7-16(8-6-15)20(28)25-12-3-13-26(19(25)18(27)24-11-9-22)21(29)17-4-2-10-23-14-17/h2,4-8,10,14,19H,3,9,11-13,22H2,1H3,(H,24,27). The molecule has 1 atom stereocenters. The van der Waals surface area contributed by atoms with Crippen LogP contribution >= 0.6 is 0 Å². The van der Waals surface area contributed by atoms with Gasteiger partial charge in [-0.05, 0) is 37.6 Å². The van der Waals surface area contributed by atoms with Gasteiger partial charge < -0.3 is 20.9 Å².